The molecule has 1 aliphatic carbocycles. The maximum absolute atomic E-state index is 12.6. The van der Waals surface area contributed by atoms with Crippen LogP contribution in [0.15, 0.2) is 35.4 Å². The molecule has 0 aliphatic heterocycles. The molecule has 0 atom stereocenters. The van der Waals surface area contributed by atoms with Crippen molar-refractivity contribution in [3.05, 3.63) is 30.3 Å². The molecule has 5 heteroatoms. The molecule has 1 aromatic carbocycles. The van der Waals surface area contributed by atoms with Crippen LogP contribution in [0.2, 0.25) is 0 Å². The zero-order valence-electron chi connectivity index (χ0n) is 11.1. The van der Waals surface area contributed by atoms with E-state index >= 15 is 0 Å². The van der Waals surface area contributed by atoms with Crippen LogP contribution in [-0.2, 0) is 9.84 Å². The number of rotatable bonds is 2. The maximum atomic E-state index is 12.6. The number of pyridine rings is 1. The minimum atomic E-state index is -3.39. The lowest BCUT2D eigenvalue weighted by Crippen LogP contribution is -2.24. The van der Waals surface area contributed by atoms with Gasteiger partial charge in [0.1, 0.15) is 11.3 Å². The molecule has 1 fully saturated rings. The lowest BCUT2D eigenvalue weighted by molar-refractivity contribution is 0.478. The van der Waals surface area contributed by atoms with Crippen molar-refractivity contribution in [1.29, 1.82) is 0 Å². The number of sulfone groups is 1. The number of hydrogen-bond acceptors (Lipinski definition) is 4. The quantitative estimate of drug-likeness (QED) is 0.923. The van der Waals surface area contributed by atoms with Crippen molar-refractivity contribution < 1.29 is 13.5 Å². The Morgan fingerprint density at radius 3 is 2.55 bits per heavy atom. The topological polar surface area (TPSA) is 67.3 Å². The van der Waals surface area contributed by atoms with Crippen LogP contribution < -0.4 is 0 Å². The van der Waals surface area contributed by atoms with Gasteiger partial charge in [0.05, 0.1) is 5.25 Å². The van der Waals surface area contributed by atoms with Gasteiger partial charge in [-0.15, -0.1) is 0 Å². The Morgan fingerprint density at radius 2 is 1.80 bits per heavy atom. The van der Waals surface area contributed by atoms with E-state index in [9.17, 15) is 13.5 Å². The summed E-state index contributed by atoms with van der Waals surface area (Å²) in [5.74, 6) is 0.0168. The third-order valence-electron chi connectivity index (χ3n) is 3.96. The molecular formula is C15H17NO3S. The average Bonchev–Trinajstić information content (AvgIpc) is 2.48. The summed E-state index contributed by atoms with van der Waals surface area (Å²) in [6, 6.07) is 8.30. The number of phenolic OH excluding ortho intramolecular Hbond substituents is 1. The first kappa shape index (κ1) is 13.4. The Morgan fingerprint density at radius 1 is 1.05 bits per heavy atom. The summed E-state index contributed by atoms with van der Waals surface area (Å²) >= 11 is 0. The van der Waals surface area contributed by atoms with E-state index in [4.69, 9.17) is 0 Å². The van der Waals surface area contributed by atoms with E-state index in [1.807, 2.05) is 0 Å². The van der Waals surface area contributed by atoms with Gasteiger partial charge < -0.3 is 5.11 Å². The van der Waals surface area contributed by atoms with Gasteiger partial charge >= 0.3 is 0 Å². The van der Waals surface area contributed by atoms with Crippen LogP contribution in [0.5, 0.6) is 5.75 Å². The number of benzene rings is 1. The van der Waals surface area contributed by atoms with Crippen molar-refractivity contribution in [3.63, 3.8) is 0 Å². The van der Waals surface area contributed by atoms with Gasteiger partial charge in [0.15, 0.2) is 14.9 Å². The van der Waals surface area contributed by atoms with Crippen molar-refractivity contribution in [1.82, 2.24) is 4.98 Å². The molecule has 1 saturated carbocycles. The minimum absolute atomic E-state index is 0.0168. The molecule has 1 N–H and O–H groups in total. The summed E-state index contributed by atoms with van der Waals surface area (Å²) < 4.78 is 25.2. The molecule has 0 saturated heterocycles. The van der Waals surface area contributed by atoms with Crippen LogP contribution in [-0.4, -0.2) is 23.8 Å². The maximum Gasteiger partial charge on any atom is 0.198 e. The van der Waals surface area contributed by atoms with E-state index in [-0.39, 0.29) is 16.0 Å². The van der Waals surface area contributed by atoms with Crippen molar-refractivity contribution >= 4 is 20.7 Å². The highest BCUT2D eigenvalue weighted by Gasteiger charge is 2.30. The van der Waals surface area contributed by atoms with E-state index < -0.39 is 9.84 Å². The molecule has 0 spiro atoms. The van der Waals surface area contributed by atoms with E-state index in [1.165, 1.54) is 6.07 Å². The van der Waals surface area contributed by atoms with Gasteiger partial charge in [-0.2, -0.15) is 0 Å². The highest BCUT2D eigenvalue weighted by Crippen LogP contribution is 2.30. The second-order valence-corrected chi connectivity index (χ2v) is 7.48. The predicted molar refractivity (Wildman–Crippen MR) is 77.5 cm³/mol. The number of nitrogens with zero attached hydrogens (tertiary/aromatic N) is 1. The van der Waals surface area contributed by atoms with Crippen LogP contribution in [0, 0.1) is 0 Å². The normalized spacial score (nSPS) is 17.4. The first-order valence-electron chi connectivity index (χ1n) is 6.92. The number of fused-ring (bicyclic) bond motifs is 1. The van der Waals surface area contributed by atoms with E-state index in [1.54, 1.807) is 24.3 Å². The summed E-state index contributed by atoms with van der Waals surface area (Å²) in [6.45, 7) is 0. The lowest BCUT2D eigenvalue weighted by atomic mass is 10.0. The van der Waals surface area contributed by atoms with Gasteiger partial charge in [-0.3, -0.25) is 0 Å². The highest BCUT2D eigenvalue weighted by atomic mass is 32.2. The van der Waals surface area contributed by atoms with Crippen molar-refractivity contribution in [2.24, 2.45) is 0 Å². The third-order valence-corrected chi connectivity index (χ3v) is 6.12. The molecule has 1 heterocycles. The van der Waals surface area contributed by atoms with Gasteiger partial charge in [-0.1, -0.05) is 31.4 Å². The Hall–Kier alpha value is -1.62. The molecule has 0 radical (unpaired) electrons. The number of aromatic hydroxyl groups is 1. The molecule has 3 rings (SSSR count). The summed E-state index contributed by atoms with van der Waals surface area (Å²) in [5.41, 5.74) is 0.351. The fourth-order valence-corrected chi connectivity index (χ4v) is 4.59. The second-order valence-electron chi connectivity index (χ2n) is 5.30. The van der Waals surface area contributed by atoms with Crippen LogP contribution in [0.4, 0.5) is 0 Å². The summed E-state index contributed by atoms with van der Waals surface area (Å²) in [7, 11) is -3.39. The van der Waals surface area contributed by atoms with Crippen molar-refractivity contribution in [2.75, 3.05) is 0 Å². The molecule has 0 amide bonds. The molecule has 106 valence electrons. The summed E-state index contributed by atoms with van der Waals surface area (Å²) in [5, 5.41) is 10.3. The molecule has 0 bridgehead atoms. The minimum Gasteiger partial charge on any atom is -0.506 e. The number of aromatic nitrogens is 1. The van der Waals surface area contributed by atoms with E-state index in [2.05, 4.69) is 4.98 Å². The molecule has 1 aromatic heterocycles. The SMILES string of the molecule is O=S(=O)(c1ccc2cccc(O)c2n1)C1CCCCC1. The van der Waals surface area contributed by atoms with Gasteiger partial charge in [0, 0.05) is 5.39 Å². The summed E-state index contributed by atoms with van der Waals surface area (Å²) in [4.78, 5) is 4.18. The second kappa shape index (κ2) is 5.05. The number of hydrogen-bond donors (Lipinski definition) is 1. The molecule has 0 unspecified atom stereocenters. The van der Waals surface area contributed by atoms with Crippen molar-refractivity contribution in [2.45, 2.75) is 42.4 Å². The molecule has 2 aromatic rings. The first-order valence-corrected chi connectivity index (χ1v) is 8.46. The zero-order chi connectivity index (χ0) is 14.2. The zero-order valence-corrected chi connectivity index (χ0v) is 11.9. The molecule has 4 nitrogen and oxygen atoms in total. The monoisotopic (exact) mass is 291 g/mol. The lowest BCUT2D eigenvalue weighted by Gasteiger charge is -2.21. The number of phenols is 1. The standard InChI is InChI=1S/C15H17NO3S/c17-13-8-4-5-11-9-10-14(16-15(11)13)20(18,19)12-6-2-1-3-7-12/h4-5,8-10,12,17H,1-3,6-7H2. The van der Waals surface area contributed by atoms with Crippen LogP contribution in [0.1, 0.15) is 32.1 Å². The van der Waals surface area contributed by atoms with E-state index in [0.717, 1.165) is 24.6 Å². The largest absolute Gasteiger partial charge is 0.506 e. The fraction of sp³-hybridized carbons (Fsp3) is 0.400. The molecule has 20 heavy (non-hydrogen) atoms. The Bertz CT molecular complexity index is 734. The van der Waals surface area contributed by atoms with Gasteiger partial charge in [-0.05, 0) is 31.0 Å². The molecular weight excluding hydrogens is 274 g/mol. The van der Waals surface area contributed by atoms with Gasteiger partial charge in [0.2, 0.25) is 0 Å². The average molecular weight is 291 g/mol. The van der Waals surface area contributed by atoms with Gasteiger partial charge in [-0.25, -0.2) is 13.4 Å². The molecule has 1 aliphatic rings. The van der Waals surface area contributed by atoms with Crippen LogP contribution >= 0.6 is 0 Å². The Balaban J connectivity index is 2.07. The van der Waals surface area contributed by atoms with Crippen molar-refractivity contribution in [3.8, 4) is 5.75 Å². The smallest absolute Gasteiger partial charge is 0.198 e. The first-order chi connectivity index (χ1) is 9.59. The third kappa shape index (κ3) is 2.26. The van der Waals surface area contributed by atoms with E-state index in [0.29, 0.717) is 18.4 Å². The number of para-hydroxylation sites is 1. The summed E-state index contributed by atoms with van der Waals surface area (Å²) in [6.07, 6.45) is 4.45. The highest BCUT2D eigenvalue weighted by molar-refractivity contribution is 7.92. The fourth-order valence-electron chi connectivity index (χ4n) is 2.82. The Labute approximate surface area is 118 Å². The Kier molecular flexibility index (Phi) is 3.38. The van der Waals surface area contributed by atoms with Gasteiger partial charge in [0.25, 0.3) is 0 Å². The predicted octanol–water partition coefficient (Wildman–Crippen LogP) is 3.05. The van der Waals surface area contributed by atoms with Crippen LogP contribution in [0.25, 0.3) is 10.9 Å². The van der Waals surface area contributed by atoms with Crippen LogP contribution in [0.3, 0.4) is 0 Å².